The van der Waals surface area contributed by atoms with Crippen LogP contribution in [0.1, 0.15) is 67.8 Å². The van der Waals surface area contributed by atoms with Gasteiger partial charge in [-0.1, -0.05) is 6.92 Å². The van der Waals surface area contributed by atoms with Crippen LogP contribution in [0, 0.1) is 30.3 Å². The number of aromatic nitrogens is 3. The predicted molar refractivity (Wildman–Crippen MR) is 120 cm³/mol. The van der Waals surface area contributed by atoms with Crippen molar-refractivity contribution in [1.29, 1.82) is 0 Å². The highest BCUT2D eigenvalue weighted by Gasteiger charge is 2.26. The molecule has 32 heavy (non-hydrogen) atoms. The number of halogens is 3. The molecule has 0 saturated heterocycles. The van der Waals surface area contributed by atoms with Crippen molar-refractivity contribution < 1.29 is 13.2 Å². The molecule has 4 aromatic rings. The SMILES string of the molecule is Cc1c(F)c(F)cc2[nH]c(C(C)CC3CCC(c4ccnc5ccc(F)cc45)CC3)nc12. The topological polar surface area (TPSA) is 41.6 Å². The Balaban J connectivity index is 1.28. The maximum atomic E-state index is 13.9. The Hall–Kier alpha value is -2.89. The number of H-pyrrole nitrogens is 1. The highest BCUT2D eigenvalue weighted by atomic mass is 19.2. The fourth-order valence-corrected chi connectivity index (χ4v) is 5.32. The van der Waals surface area contributed by atoms with Gasteiger partial charge in [0.25, 0.3) is 0 Å². The summed E-state index contributed by atoms with van der Waals surface area (Å²) < 4.78 is 41.4. The molecular weight excluding hydrogens is 411 g/mol. The molecule has 6 heteroatoms. The van der Waals surface area contributed by atoms with Crippen LogP contribution in [0.3, 0.4) is 0 Å². The van der Waals surface area contributed by atoms with Gasteiger partial charge in [-0.25, -0.2) is 18.2 Å². The molecule has 0 amide bonds. The Morgan fingerprint density at radius 2 is 1.84 bits per heavy atom. The fraction of sp³-hybridized carbons (Fsp3) is 0.385. The zero-order valence-electron chi connectivity index (χ0n) is 18.3. The van der Waals surface area contributed by atoms with Gasteiger partial charge in [0, 0.05) is 29.1 Å². The normalized spacial score (nSPS) is 20.2. The third-order valence-corrected chi connectivity index (χ3v) is 7.09. The lowest BCUT2D eigenvalue weighted by Gasteiger charge is -2.30. The number of imidazole rings is 1. The molecule has 5 rings (SSSR count). The summed E-state index contributed by atoms with van der Waals surface area (Å²) >= 11 is 0. The number of hydrogen-bond acceptors (Lipinski definition) is 2. The van der Waals surface area contributed by atoms with E-state index in [0.717, 1.165) is 48.8 Å². The Labute approximate surface area is 185 Å². The first-order chi connectivity index (χ1) is 15.4. The monoisotopic (exact) mass is 437 g/mol. The van der Waals surface area contributed by atoms with E-state index in [2.05, 4.69) is 21.9 Å². The molecular formula is C26H26F3N3. The molecule has 1 atom stereocenters. The number of nitrogens with zero attached hydrogens (tertiary/aromatic N) is 2. The van der Waals surface area contributed by atoms with Gasteiger partial charge < -0.3 is 4.98 Å². The second-order valence-corrected chi connectivity index (χ2v) is 9.23. The third kappa shape index (κ3) is 3.76. The minimum Gasteiger partial charge on any atom is -0.342 e. The van der Waals surface area contributed by atoms with Gasteiger partial charge in [0.15, 0.2) is 11.6 Å². The van der Waals surface area contributed by atoms with Crippen molar-refractivity contribution in [2.24, 2.45) is 5.92 Å². The largest absolute Gasteiger partial charge is 0.342 e. The minimum atomic E-state index is -0.848. The van der Waals surface area contributed by atoms with Crippen LogP contribution in [-0.4, -0.2) is 15.0 Å². The summed E-state index contributed by atoms with van der Waals surface area (Å²) in [4.78, 5) is 12.2. The van der Waals surface area contributed by atoms with E-state index in [1.807, 2.05) is 12.3 Å². The highest BCUT2D eigenvalue weighted by Crippen LogP contribution is 2.41. The van der Waals surface area contributed by atoms with E-state index in [9.17, 15) is 13.2 Å². The Kier molecular flexibility index (Phi) is 5.39. The molecule has 1 fully saturated rings. The van der Waals surface area contributed by atoms with Gasteiger partial charge in [-0.2, -0.15) is 0 Å². The zero-order valence-corrected chi connectivity index (χ0v) is 18.3. The average molecular weight is 438 g/mol. The zero-order chi connectivity index (χ0) is 22.4. The van der Waals surface area contributed by atoms with Crippen molar-refractivity contribution in [3.63, 3.8) is 0 Å². The van der Waals surface area contributed by atoms with Crippen LogP contribution in [0.5, 0.6) is 0 Å². The summed E-state index contributed by atoms with van der Waals surface area (Å²) in [5.41, 5.74) is 3.33. The van der Waals surface area contributed by atoms with Crippen LogP contribution in [-0.2, 0) is 0 Å². The Morgan fingerprint density at radius 3 is 2.62 bits per heavy atom. The van der Waals surface area contributed by atoms with Gasteiger partial charge in [-0.3, -0.25) is 4.98 Å². The number of aryl methyl sites for hydroxylation is 1. The lowest BCUT2D eigenvalue weighted by atomic mass is 9.75. The summed E-state index contributed by atoms with van der Waals surface area (Å²) in [6.45, 7) is 3.68. The highest BCUT2D eigenvalue weighted by molar-refractivity contribution is 5.82. The van der Waals surface area contributed by atoms with Crippen molar-refractivity contribution in [3.05, 3.63) is 70.9 Å². The van der Waals surface area contributed by atoms with Crippen LogP contribution in [0.15, 0.2) is 36.5 Å². The summed E-state index contributed by atoms with van der Waals surface area (Å²) in [5.74, 6) is 0.0264. The molecule has 1 unspecified atom stereocenters. The fourth-order valence-electron chi connectivity index (χ4n) is 5.32. The predicted octanol–water partition coefficient (Wildman–Crippen LogP) is 7.30. The Morgan fingerprint density at radius 1 is 1.06 bits per heavy atom. The van der Waals surface area contributed by atoms with E-state index in [4.69, 9.17) is 0 Å². The number of rotatable bonds is 4. The smallest absolute Gasteiger partial charge is 0.164 e. The number of pyridine rings is 1. The molecule has 0 bridgehead atoms. The van der Waals surface area contributed by atoms with Crippen molar-refractivity contribution in [2.75, 3.05) is 0 Å². The molecule has 2 heterocycles. The van der Waals surface area contributed by atoms with E-state index >= 15 is 0 Å². The van der Waals surface area contributed by atoms with Crippen LogP contribution >= 0.6 is 0 Å². The van der Waals surface area contributed by atoms with Gasteiger partial charge in [0.1, 0.15) is 11.6 Å². The lowest BCUT2D eigenvalue weighted by molar-refractivity contribution is 0.296. The quantitative estimate of drug-likeness (QED) is 0.364. The van der Waals surface area contributed by atoms with Crippen LogP contribution < -0.4 is 0 Å². The van der Waals surface area contributed by atoms with E-state index in [-0.39, 0.29) is 17.3 Å². The molecule has 2 aromatic heterocycles. The van der Waals surface area contributed by atoms with E-state index < -0.39 is 11.6 Å². The molecule has 1 N–H and O–H groups in total. The van der Waals surface area contributed by atoms with E-state index in [1.165, 1.54) is 17.7 Å². The van der Waals surface area contributed by atoms with E-state index in [0.29, 0.717) is 22.9 Å². The van der Waals surface area contributed by atoms with E-state index in [1.54, 1.807) is 19.1 Å². The maximum absolute atomic E-state index is 13.9. The summed E-state index contributed by atoms with van der Waals surface area (Å²) in [6.07, 6.45) is 7.10. The second kappa shape index (κ2) is 8.23. The molecule has 1 aliphatic rings. The molecule has 0 radical (unpaired) electrons. The lowest BCUT2D eigenvalue weighted by Crippen LogP contribution is -2.16. The van der Waals surface area contributed by atoms with Crippen LogP contribution in [0.4, 0.5) is 13.2 Å². The van der Waals surface area contributed by atoms with Gasteiger partial charge in [0.05, 0.1) is 16.6 Å². The molecule has 1 aliphatic carbocycles. The van der Waals surface area contributed by atoms with Crippen molar-refractivity contribution in [2.45, 2.75) is 57.8 Å². The first kappa shape index (κ1) is 21.0. The molecule has 0 aliphatic heterocycles. The summed E-state index contributed by atoms with van der Waals surface area (Å²) in [7, 11) is 0. The van der Waals surface area contributed by atoms with Gasteiger partial charge in [0.2, 0.25) is 0 Å². The second-order valence-electron chi connectivity index (χ2n) is 9.23. The first-order valence-electron chi connectivity index (χ1n) is 11.3. The molecule has 3 nitrogen and oxygen atoms in total. The Bertz CT molecular complexity index is 1290. The molecule has 1 saturated carbocycles. The van der Waals surface area contributed by atoms with Crippen molar-refractivity contribution in [3.8, 4) is 0 Å². The maximum Gasteiger partial charge on any atom is 0.164 e. The van der Waals surface area contributed by atoms with Gasteiger partial charge in [-0.05, 0) is 80.7 Å². The molecule has 166 valence electrons. The van der Waals surface area contributed by atoms with Crippen molar-refractivity contribution in [1.82, 2.24) is 15.0 Å². The molecule has 0 spiro atoms. The van der Waals surface area contributed by atoms with Crippen LogP contribution in [0.2, 0.25) is 0 Å². The standard InChI is InChI=1S/C26H26F3N3/c1-14(26-31-23-13-21(28)24(29)15(2)25(23)32-26)11-16-3-5-17(6-4-16)19-9-10-30-22-8-7-18(27)12-20(19)22/h7-10,12-14,16-17H,3-6,11H2,1-2H3,(H,31,32). The number of nitrogens with one attached hydrogen (secondary N) is 1. The number of fused-ring (bicyclic) bond motifs is 2. The average Bonchev–Trinajstić information content (AvgIpc) is 3.22. The number of hydrogen-bond donors (Lipinski definition) is 1. The van der Waals surface area contributed by atoms with Gasteiger partial charge >= 0.3 is 0 Å². The van der Waals surface area contributed by atoms with Crippen LogP contribution in [0.25, 0.3) is 21.9 Å². The number of benzene rings is 2. The van der Waals surface area contributed by atoms with Gasteiger partial charge in [-0.15, -0.1) is 0 Å². The number of aromatic amines is 1. The first-order valence-corrected chi connectivity index (χ1v) is 11.3. The minimum absolute atomic E-state index is 0.172. The summed E-state index contributed by atoms with van der Waals surface area (Å²) in [6, 6.07) is 8.02. The van der Waals surface area contributed by atoms with Crippen molar-refractivity contribution >= 4 is 21.9 Å². The third-order valence-electron chi connectivity index (χ3n) is 7.09. The molecule has 2 aromatic carbocycles. The summed E-state index contributed by atoms with van der Waals surface area (Å²) in [5, 5.41) is 0.918.